The number of guanidine groups is 1. The first-order valence-corrected chi connectivity index (χ1v) is 11.6. The maximum absolute atomic E-state index is 11.9. The standard InChI is InChI=1S/C22H32N4O4S.HI/c1-3-29-21(27)26-12-9-17(10-13-26)25-20(23-11-8-18-6-4-14-30-18)24-16-22(2,28)19-7-5-15-31-19;/h4-7,14-15,17,28H,3,8-13,16H2,1-2H3,(H2,23,24,25);1H. The highest BCUT2D eigenvalue weighted by Crippen LogP contribution is 2.25. The van der Waals surface area contributed by atoms with Gasteiger partial charge < -0.3 is 29.8 Å². The van der Waals surface area contributed by atoms with Gasteiger partial charge in [0.25, 0.3) is 0 Å². The zero-order valence-corrected chi connectivity index (χ0v) is 21.7. The third kappa shape index (κ3) is 7.96. The summed E-state index contributed by atoms with van der Waals surface area (Å²) in [5.74, 6) is 1.55. The van der Waals surface area contributed by atoms with Gasteiger partial charge in [-0.05, 0) is 50.3 Å². The summed E-state index contributed by atoms with van der Waals surface area (Å²) in [5.41, 5.74) is -1.03. The third-order valence-electron chi connectivity index (χ3n) is 5.20. The van der Waals surface area contributed by atoms with Crippen LogP contribution >= 0.6 is 35.3 Å². The van der Waals surface area contributed by atoms with E-state index in [1.165, 1.54) is 11.3 Å². The fourth-order valence-corrected chi connectivity index (χ4v) is 4.20. The number of thiophene rings is 1. The SMILES string of the molecule is CCOC(=O)N1CCC(NC(=NCC(C)(O)c2cccs2)NCCc2ccco2)CC1.I. The van der Waals surface area contributed by atoms with Crippen molar-refractivity contribution in [2.45, 2.75) is 44.8 Å². The summed E-state index contributed by atoms with van der Waals surface area (Å²) < 4.78 is 10.5. The van der Waals surface area contributed by atoms with Crippen molar-refractivity contribution in [3.63, 3.8) is 0 Å². The van der Waals surface area contributed by atoms with Crippen molar-refractivity contribution in [1.29, 1.82) is 0 Å². The van der Waals surface area contributed by atoms with E-state index in [0.717, 1.165) is 29.9 Å². The van der Waals surface area contributed by atoms with Gasteiger partial charge in [0.05, 0.1) is 19.4 Å². The van der Waals surface area contributed by atoms with E-state index in [1.54, 1.807) is 18.1 Å². The van der Waals surface area contributed by atoms with Gasteiger partial charge in [-0.3, -0.25) is 0 Å². The highest BCUT2D eigenvalue weighted by Gasteiger charge is 2.26. The van der Waals surface area contributed by atoms with E-state index in [9.17, 15) is 9.90 Å². The van der Waals surface area contributed by atoms with E-state index in [2.05, 4.69) is 15.6 Å². The van der Waals surface area contributed by atoms with Crippen LogP contribution in [0.25, 0.3) is 0 Å². The molecule has 0 bridgehead atoms. The minimum atomic E-state index is -1.03. The number of aliphatic hydroxyl groups is 1. The Morgan fingerprint density at radius 2 is 2.16 bits per heavy atom. The first-order chi connectivity index (χ1) is 15.0. The smallest absolute Gasteiger partial charge is 0.409 e. The molecule has 2 aromatic heterocycles. The molecule has 1 saturated heterocycles. The average molecular weight is 577 g/mol. The zero-order valence-electron chi connectivity index (χ0n) is 18.6. The first-order valence-electron chi connectivity index (χ1n) is 10.7. The highest BCUT2D eigenvalue weighted by molar-refractivity contribution is 14.0. The van der Waals surface area contributed by atoms with Gasteiger partial charge in [0, 0.05) is 37.0 Å². The van der Waals surface area contributed by atoms with Crippen LogP contribution in [0.15, 0.2) is 45.3 Å². The molecule has 0 aromatic carbocycles. The number of piperidine rings is 1. The summed E-state index contributed by atoms with van der Waals surface area (Å²) >= 11 is 1.52. The molecule has 1 unspecified atom stereocenters. The maximum Gasteiger partial charge on any atom is 0.409 e. The average Bonchev–Trinajstić information content (AvgIpc) is 3.47. The summed E-state index contributed by atoms with van der Waals surface area (Å²) in [7, 11) is 0. The molecule has 3 N–H and O–H groups in total. The van der Waals surface area contributed by atoms with Crippen LogP contribution in [0, 0.1) is 0 Å². The van der Waals surface area contributed by atoms with Crippen molar-refractivity contribution in [3.8, 4) is 0 Å². The predicted molar refractivity (Wildman–Crippen MR) is 137 cm³/mol. The van der Waals surface area contributed by atoms with Gasteiger partial charge in [-0.1, -0.05) is 6.07 Å². The molecule has 10 heteroatoms. The Morgan fingerprint density at radius 3 is 2.78 bits per heavy atom. The van der Waals surface area contributed by atoms with E-state index in [1.807, 2.05) is 36.6 Å². The van der Waals surface area contributed by atoms with Gasteiger partial charge in [-0.2, -0.15) is 0 Å². The van der Waals surface area contributed by atoms with Crippen molar-refractivity contribution < 1.29 is 19.1 Å². The first kappa shape index (κ1) is 26.5. The Morgan fingerprint density at radius 1 is 1.38 bits per heavy atom. The fraction of sp³-hybridized carbons (Fsp3) is 0.545. The highest BCUT2D eigenvalue weighted by atomic mass is 127. The van der Waals surface area contributed by atoms with Crippen LogP contribution in [0.1, 0.15) is 37.3 Å². The van der Waals surface area contributed by atoms with E-state index in [-0.39, 0.29) is 42.7 Å². The molecule has 3 rings (SSSR count). The number of nitrogens with zero attached hydrogens (tertiary/aromatic N) is 2. The van der Waals surface area contributed by atoms with Crippen molar-refractivity contribution in [2.24, 2.45) is 4.99 Å². The van der Waals surface area contributed by atoms with E-state index in [4.69, 9.17) is 9.15 Å². The number of ether oxygens (including phenoxy) is 1. The molecule has 0 spiro atoms. The molecular weight excluding hydrogens is 543 g/mol. The van der Waals surface area contributed by atoms with Crippen LogP contribution < -0.4 is 10.6 Å². The lowest BCUT2D eigenvalue weighted by atomic mass is 10.1. The molecule has 2 aromatic rings. The number of amides is 1. The van der Waals surface area contributed by atoms with Crippen molar-refractivity contribution in [1.82, 2.24) is 15.5 Å². The molecule has 1 fully saturated rings. The second-order valence-corrected chi connectivity index (χ2v) is 8.72. The van der Waals surface area contributed by atoms with Crippen LogP contribution in [0.4, 0.5) is 4.79 Å². The molecule has 0 radical (unpaired) electrons. The summed E-state index contributed by atoms with van der Waals surface area (Å²) in [6.07, 6.45) is 3.75. The lowest BCUT2D eigenvalue weighted by Crippen LogP contribution is -2.50. The lowest BCUT2D eigenvalue weighted by Gasteiger charge is -2.32. The molecule has 1 atom stereocenters. The van der Waals surface area contributed by atoms with Crippen LogP contribution in [0.3, 0.4) is 0 Å². The van der Waals surface area contributed by atoms with Crippen LogP contribution in [-0.4, -0.2) is 60.9 Å². The van der Waals surface area contributed by atoms with E-state index in [0.29, 0.717) is 32.2 Å². The van der Waals surface area contributed by atoms with E-state index < -0.39 is 5.60 Å². The minimum Gasteiger partial charge on any atom is -0.469 e. The van der Waals surface area contributed by atoms with Gasteiger partial charge in [-0.25, -0.2) is 9.79 Å². The summed E-state index contributed by atoms with van der Waals surface area (Å²) in [6.45, 7) is 6.16. The van der Waals surface area contributed by atoms with Crippen molar-refractivity contribution in [2.75, 3.05) is 32.8 Å². The molecule has 1 amide bonds. The number of hydrogen-bond acceptors (Lipinski definition) is 6. The molecular formula is C22H33IN4O4S. The topological polar surface area (TPSA) is 99.3 Å². The number of furan rings is 1. The summed E-state index contributed by atoms with van der Waals surface area (Å²) in [4.78, 5) is 19.2. The van der Waals surface area contributed by atoms with Crippen LogP contribution in [-0.2, 0) is 16.8 Å². The Balaban J connectivity index is 0.00000363. The molecule has 178 valence electrons. The number of nitrogens with one attached hydrogen (secondary N) is 2. The molecule has 1 aliphatic rings. The zero-order chi connectivity index (χ0) is 22.1. The Bertz CT molecular complexity index is 819. The second kappa shape index (κ2) is 13.0. The number of carbonyl (C=O) groups excluding carboxylic acids is 1. The number of aliphatic imine (C=N–C) groups is 1. The molecule has 8 nitrogen and oxygen atoms in total. The van der Waals surface area contributed by atoms with Crippen LogP contribution in [0.2, 0.25) is 0 Å². The minimum absolute atomic E-state index is 0. The number of hydrogen-bond donors (Lipinski definition) is 3. The predicted octanol–water partition coefficient (Wildman–Crippen LogP) is 3.57. The van der Waals surface area contributed by atoms with Gasteiger partial charge in [0.1, 0.15) is 11.4 Å². The monoisotopic (exact) mass is 576 g/mol. The fourth-order valence-electron chi connectivity index (χ4n) is 3.42. The summed E-state index contributed by atoms with van der Waals surface area (Å²) in [5, 5.41) is 19.6. The van der Waals surface area contributed by atoms with Gasteiger partial charge >= 0.3 is 6.09 Å². The molecule has 3 heterocycles. The third-order valence-corrected chi connectivity index (χ3v) is 6.33. The number of rotatable bonds is 8. The van der Waals surface area contributed by atoms with Crippen molar-refractivity contribution in [3.05, 3.63) is 46.5 Å². The lowest BCUT2D eigenvalue weighted by molar-refractivity contribution is 0.0710. The molecule has 1 aliphatic heterocycles. The maximum atomic E-state index is 11.9. The molecule has 0 saturated carbocycles. The van der Waals surface area contributed by atoms with Crippen LogP contribution in [0.5, 0.6) is 0 Å². The second-order valence-electron chi connectivity index (χ2n) is 7.78. The molecule has 32 heavy (non-hydrogen) atoms. The largest absolute Gasteiger partial charge is 0.469 e. The Labute approximate surface area is 210 Å². The normalized spacial score (nSPS) is 16.7. The Kier molecular flexibility index (Phi) is 10.8. The Hall–Kier alpha value is -1.79. The van der Waals surface area contributed by atoms with Gasteiger partial charge in [0.2, 0.25) is 0 Å². The van der Waals surface area contributed by atoms with Crippen molar-refractivity contribution >= 4 is 47.4 Å². The number of carbonyl (C=O) groups is 1. The number of halogens is 1. The van der Waals surface area contributed by atoms with Gasteiger partial charge in [-0.15, -0.1) is 35.3 Å². The summed E-state index contributed by atoms with van der Waals surface area (Å²) in [6, 6.07) is 7.85. The van der Waals surface area contributed by atoms with Gasteiger partial charge in [0.15, 0.2) is 5.96 Å². The number of likely N-dealkylation sites (tertiary alicyclic amines) is 1. The quantitative estimate of drug-likeness (QED) is 0.253. The van der Waals surface area contributed by atoms with E-state index >= 15 is 0 Å². The molecule has 0 aliphatic carbocycles.